The molecule has 0 aromatic heterocycles. The van der Waals surface area contributed by atoms with Gasteiger partial charge in [0, 0.05) is 29.1 Å². The lowest BCUT2D eigenvalue weighted by Gasteiger charge is -2.31. The molecule has 1 saturated heterocycles. The van der Waals surface area contributed by atoms with Crippen LogP contribution in [0.2, 0.25) is 5.02 Å². The second kappa shape index (κ2) is 8.80. The Morgan fingerprint density at radius 1 is 1.03 bits per heavy atom. The molecule has 0 radical (unpaired) electrons. The first-order valence-corrected chi connectivity index (χ1v) is 10.5. The van der Waals surface area contributed by atoms with E-state index in [9.17, 15) is 15.0 Å². The van der Waals surface area contributed by atoms with Gasteiger partial charge in [-0.05, 0) is 72.3 Å². The minimum Gasteiger partial charge on any atom is -0.392 e. The molecule has 2 aromatic rings. The van der Waals surface area contributed by atoms with Crippen LogP contribution in [0.4, 0.5) is 0 Å². The molecule has 1 aliphatic carbocycles. The average molecular weight is 412 g/mol. The predicted octanol–water partition coefficient (Wildman–Crippen LogP) is 3.90. The van der Waals surface area contributed by atoms with Crippen LogP contribution in [-0.2, 0) is 26.2 Å². The number of hydrogen-bond donors (Lipinski definition) is 2. The highest BCUT2D eigenvalue weighted by molar-refractivity contribution is 6.30. The molecule has 5 heteroatoms. The van der Waals surface area contributed by atoms with E-state index in [1.807, 2.05) is 18.2 Å². The summed E-state index contributed by atoms with van der Waals surface area (Å²) in [5.41, 5.74) is 5.11. The number of aliphatic hydroxyl groups is 2. The summed E-state index contributed by atoms with van der Waals surface area (Å²) in [6, 6.07) is 11.6. The van der Waals surface area contributed by atoms with Crippen LogP contribution >= 0.6 is 11.6 Å². The van der Waals surface area contributed by atoms with Crippen molar-refractivity contribution >= 4 is 17.4 Å². The highest BCUT2D eigenvalue weighted by Gasteiger charge is 2.28. The minimum absolute atomic E-state index is 0.0720. The van der Waals surface area contributed by atoms with Crippen LogP contribution < -0.4 is 0 Å². The Morgan fingerprint density at radius 2 is 1.69 bits per heavy atom. The molecule has 1 aliphatic heterocycles. The maximum atomic E-state index is 12.8. The van der Waals surface area contributed by atoms with Gasteiger partial charge in [-0.2, -0.15) is 0 Å². The predicted molar refractivity (Wildman–Crippen MR) is 114 cm³/mol. The molecule has 4 nitrogen and oxygen atoms in total. The molecule has 2 aliphatic rings. The fourth-order valence-corrected chi connectivity index (χ4v) is 4.52. The largest absolute Gasteiger partial charge is 0.392 e. The van der Waals surface area contributed by atoms with Crippen LogP contribution in [0.25, 0.3) is 0 Å². The highest BCUT2D eigenvalue weighted by atomic mass is 35.5. The zero-order chi connectivity index (χ0) is 20.4. The molecule has 0 amide bonds. The molecule has 0 spiro atoms. The lowest BCUT2D eigenvalue weighted by atomic mass is 9.93. The number of allylic oxidation sites excluding steroid dienone is 2. The molecule has 0 bridgehead atoms. The Labute approximate surface area is 176 Å². The van der Waals surface area contributed by atoms with Gasteiger partial charge in [-0.1, -0.05) is 35.9 Å². The lowest BCUT2D eigenvalue weighted by Crippen LogP contribution is -2.32. The molecule has 29 heavy (non-hydrogen) atoms. The number of halogens is 1. The van der Waals surface area contributed by atoms with Gasteiger partial charge in [0.15, 0.2) is 5.78 Å². The quantitative estimate of drug-likeness (QED) is 0.732. The number of rotatable bonds is 5. The number of carbonyl (C=O) groups is 1. The fraction of sp³-hybridized carbons (Fsp3) is 0.375. The van der Waals surface area contributed by atoms with E-state index in [2.05, 4.69) is 23.1 Å². The Morgan fingerprint density at radius 3 is 2.34 bits per heavy atom. The summed E-state index contributed by atoms with van der Waals surface area (Å²) in [6.07, 6.45) is 4.88. The van der Waals surface area contributed by atoms with Crippen molar-refractivity contribution in [3.8, 4) is 0 Å². The number of carbonyl (C=O) groups excluding carboxylic acids is 1. The van der Waals surface area contributed by atoms with Gasteiger partial charge >= 0.3 is 0 Å². The van der Waals surface area contributed by atoms with Crippen molar-refractivity contribution in [2.24, 2.45) is 5.92 Å². The highest BCUT2D eigenvalue weighted by Crippen LogP contribution is 2.32. The fourth-order valence-electron chi connectivity index (χ4n) is 4.40. The standard InChI is InChI=1S/C24H26ClNO3/c25-22-3-1-17(2-4-22)13-26-7-5-16(6-8-26)9-19-10-18-11-20(14-27)21(15-28)12-23(18)24(19)29/h1-4,9,11-12,16,27-28H,5-8,10,13-15H2. The third-order valence-electron chi connectivity index (χ3n) is 6.07. The van der Waals surface area contributed by atoms with E-state index in [0.29, 0.717) is 29.0 Å². The van der Waals surface area contributed by atoms with Crippen molar-refractivity contribution in [3.05, 3.63) is 80.9 Å². The maximum absolute atomic E-state index is 12.8. The van der Waals surface area contributed by atoms with Crippen molar-refractivity contribution in [1.29, 1.82) is 0 Å². The van der Waals surface area contributed by atoms with Gasteiger partial charge in [-0.25, -0.2) is 0 Å². The van der Waals surface area contributed by atoms with Crippen molar-refractivity contribution < 1.29 is 15.0 Å². The SMILES string of the molecule is O=C1C(=CC2CCN(Cc3ccc(Cl)cc3)CC2)Cc2cc(CO)c(CO)cc21. The second-order valence-corrected chi connectivity index (χ2v) is 8.47. The molecule has 152 valence electrons. The van der Waals surface area contributed by atoms with Crippen molar-refractivity contribution in [1.82, 2.24) is 4.90 Å². The Balaban J connectivity index is 1.39. The molecule has 0 unspecified atom stereocenters. The first-order chi connectivity index (χ1) is 14.1. The summed E-state index contributed by atoms with van der Waals surface area (Å²) in [6.45, 7) is 2.67. The Bertz CT molecular complexity index is 928. The number of Topliss-reactive ketones (excluding diaryl/α,β-unsaturated/α-hetero) is 1. The molecule has 2 N–H and O–H groups in total. The Kier molecular flexibility index (Phi) is 6.16. The molecule has 4 rings (SSSR count). The zero-order valence-electron chi connectivity index (χ0n) is 16.4. The van der Waals surface area contributed by atoms with Gasteiger partial charge < -0.3 is 10.2 Å². The molecule has 2 aromatic carbocycles. The number of piperidine rings is 1. The van der Waals surface area contributed by atoms with Gasteiger partial charge in [-0.15, -0.1) is 0 Å². The number of hydrogen-bond acceptors (Lipinski definition) is 4. The van der Waals surface area contributed by atoms with Gasteiger partial charge in [0.05, 0.1) is 13.2 Å². The third-order valence-corrected chi connectivity index (χ3v) is 6.32. The average Bonchev–Trinajstić information content (AvgIpc) is 3.04. The number of nitrogens with zero attached hydrogens (tertiary/aromatic N) is 1. The first-order valence-electron chi connectivity index (χ1n) is 10.2. The van der Waals surface area contributed by atoms with E-state index >= 15 is 0 Å². The summed E-state index contributed by atoms with van der Waals surface area (Å²) in [5.74, 6) is 0.488. The summed E-state index contributed by atoms with van der Waals surface area (Å²) in [5, 5.41) is 19.7. The topological polar surface area (TPSA) is 60.8 Å². The van der Waals surface area contributed by atoms with Crippen LogP contribution in [0.1, 0.15) is 45.5 Å². The normalized spacial score (nSPS) is 19.1. The van der Waals surface area contributed by atoms with Gasteiger partial charge in [0.2, 0.25) is 0 Å². The summed E-state index contributed by atoms with van der Waals surface area (Å²) in [7, 11) is 0. The molecular formula is C24H26ClNO3. The van der Waals surface area contributed by atoms with E-state index in [-0.39, 0.29) is 19.0 Å². The van der Waals surface area contributed by atoms with Gasteiger partial charge in [0.1, 0.15) is 0 Å². The van der Waals surface area contributed by atoms with Crippen LogP contribution in [0.15, 0.2) is 48.0 Å². The zero-order valence-corrected chi connectivity index (χ0v) is 17.2. The van der Waals surface area contributed by atoms with Crippen LogP contribution in [-0.4, -0.2) is 34.0 Å². The summed E-state index contributed by atoms with van der Waals surface area (Å²) < 4.78 is 0. The summed E-state index contributed by atoms with van der Waals surface area (Å²) >= 11 is 5.96. The minimum atomic E-state index is -0.165. The van der Waals surface area contributed by atoms with Gasteiger partial charge in [0.25, 0.3) is 0 Å². The molecular weight excluding hydrogens is 386 g/mol. The summed E-state index contributed by atoms with van der Waals surface area (Å²) in [4.78, 5) is 15.3. The first kappa shape index (κ1) is 20.3. The third kappa shape index (κ3) is 4.46. The van der Waals surface area contributed by atoms with E-state index < -0.39 is 0 Å². The second-order valence-electron chi connectivity index (χ2n) is 8.03. The van der Waals surface area contributed by atoms with Crippen molar-refractivity contribution in [2.75, 3.05) is 13.1 Å². The number of ketones is 1. The number of benzene rings is 2. The molecule has 0 saturated carbocycles. The van der Waals surface area contributed by atoms with Crippen LogP contribution in [0, 0.1) is 5.92 Å². The monoisotopic (exact) mass is 411 g/mol. The van der Waals surface area contributed by atoms with Crippen molar-refractivity contribution in [2.45, 2.75) is 39.0 Å². The van der Waals surface area contributed by atoms with Crippen molar-refractivity contribution in [3.63, 3.8) is 0 Å². The van der Waals surface area contributed by atoms with E-state index in [0.717, 1.165) is 48.6 Å². The number of likely N-dealkylation sites (tertiary alicyclic amines) is 1. The Hall–Kier alpha value is -1.98. The lowest BCUT2D eigenvalue weighted by molar-refractivity contribution is 0.103. The molecule has 1 fully saturated rings. The molecule has 1 heterocycles. The number of fused-ring (bicyclic) bond motifs is 1. The van der Waals surface area contributed by atoms with Crippen LogP contribution in [0.3, 0.4) is 0 Å². The van der Waals surface area contributed by atoms with E-state index in [1.165, 1.54) is 5.56 Å². The maximum Gasteiger partial charge on any atom is 0.189 e. The smallest absolute Gasteiger partial charge is 0.189 e. The van der Waals surface area contributed by atoms with Gasteiger partial charge in [-0.3, -0.25) is 9.69 Å². The van der Waals surface area contributed by atoms with E-state index in [1.54, 1.807) is 6.07 Å². The number of aliphatic hydroxyl groups excluding tert-OH is 2. The van der Waals surface area contributed by atoms with E-state index in [4.69, 9.17) is 11.6 Å². The van der Waals surface area contributed by atoms with Crippen LogP contribution in [0.5, 0.6) is 0 Å². The molecule has 0 atom stereocenters.